The quantitative estimate of drug-likeness (QED) is 0.356. The molecule has 1 aliphatic heterocycles. The number of ether oxygens (including phenoxy) is 1. The minimum absolute atomic E-state index is 0.141. The van der Waals surface area contributed by atoms with E-state index in [2.05, 4.69) is 26.6 Å². The number of carboxylic acid groups (broad SMARTS) is 1. The molecule has 3 N–H and O–H groups in total. The van der Waals surface area contributed by atoms with Gasteiger partial charge in [-0.05, 0) is 62.3 Å². The van der Waals surface area contributed by atoms with Gasteiger partial charge in [0.15, 0.2) is 6.61 Å². The number of urea groups is 1. The molecule has 3 amide bonds. The summed E-state index contributed by atoms with van der Waals surface area (Å²) in [5.74, 6) is -1.17. The number of nitrogens with one attached hydrogen (secondary N) is 2. The Morgan fingerprint density at radius 1 is 1.38 bits per heavy atom. The van der Waals surface area contributed by atoms with E-state index in [1.54, 1.807) is 12.1 Å². The molecule has 1 heterocycles. The molecule has 1 aromatic rings. The number of hydrogen-bond donors (Lipinski definition) is 3. The van der Waals surface area contributed by atoms with Gasteiger partial charge >= 0.3 is 12.0 Å². The van der Waals surface area contributed by atoms with E-state index in [4.69, 9.17) is 9.84 Å². The first-order valence-electron chi connectivity index (χ1n) is 5.54. The van der Waals surface area contributed by atoms with Gasteiger partial charge in [0.2, 0.25) is 0 Å². The van der Waals surface area contributed by atoms with Gasteiger partial charge in [-0.2, -0.15) is 0 Å². The number of aliphatic carboxylic acids is 1. The highest BCUT2D eigenvalue weighted by Crippen LogP contribution is 2.32. The van der Waals surface area contributed by atoms with Crippen molar-refractivity contribution in [1.82, 2.24) is 10.6 Å². The molecule has 0 radical (unpaired) electrons. The predicted octanol–water partition coefficient (Wildman–Crippen LogP) is 1.70. The maximum Gasteiger partial charge on any atom is 0.341 e. The summed E-state index contributed by atoms with van der Waals surface area (Å²) in [4.78, 5) is 33.0. The fourth-order valence-electron chi connectivity index (χ4n) is 1.58. The summed E-state index contributed by atoms with van der Waals surface area (Å²) in [6, 6.07) is 2.79. The van der Waals surface area contributed by atoms with Crippen LogP contribution < -0.4 is 15.4 Å². The molecule has 7 nitrogen and oxygen atoms in total. The van der Waals surface area contributed by atoms with E-state index < -0.39 is 24.5 Å². The molecule has 0 spiro atoms. The third kappa shape index (κ3) is 3.94. The molecule has 0 aromatic heterocycles. The second-order valence-corrected chi connectivity index (χ2v) is 5.98. The van der Waals surface area contributed by atoms with Gasteiger partial charge in [0.05, 0.1) is 8.04 Å². The second kappa shape index (κ2) is 6.43. The van der Waals surface area contributed by atoms with Crippen molar-refractivity contribution >= 4 is 62.5 Å². The molecule has 1 aromatic carbocycles. The van der Waals surface area contributed by atoms with Crippen molar-refractivity contribution in [2.75, 3.05) is 6.61 Å². The summed E-state index contributed by atoms with van der Waals surface area (Å²) < 4.78 is 6.38. The molecule has 0 bridgehead atoms. The lowest BCUT2D eigenvalue weighted by Gasteiger charge is -2.09. The number of benzene rings is 1. The third-order valence-electron chi connectivity index (χ3n) is 2.39. The summed E-state index contributed by atoms with van der Waals surface area (Å²) in [5, 5.41) is 13.1. The highest BCUT2D eigenvalue weighted by molar-refractivity contribution is 14.1. The molecule has 1 saturated heterocycles. The Morgan fingerprint density at radius 3 is 2.62 bits per heavy atom. The summed E-state index contributed by atoms with van der Waals surface area (Å²) in [7, 11) is 0. The van der Waals surface area contributed by atoms with Gasteiger partial charge in [-0.3, -0.25) is 10.1 Å². The number of carbonyl (C=O) groups excluding carboxylic acids is 2. The molecular weight excluding hydrogens is 459 g/mol. The van der Waals surface area contributed by atoms with Crippen molar-refractivity contribution in [1.29, 1.82) is 0 Å². The number of carboxylic acids is 1. The van der Waals surface area contributed by atoms with Crippen LogP contribution in [0.2, 0.25) is 0 Å². The number of carbonyl (C=O) groups is 3. The van der Waals surface area contributed by atoms with E-state index in [1.165, 1.54) is 6.08 Å². The normalized spacial score (nSPS) is 15.8. The van der Waals surface area contributed by atoms with Gasteiger partial charge < -0.3 is 15.2 Å². The first-order chi connectivity index (χ1) is 9.86. The topological polar surface area (TPSA) is 105 Å². The van der Waals surface area contributed by atoms with Crippen molar-refractivity contribution in [2.24, 2.45) is 0 Å². The van der Waals surface area contributed by atoms with Crippen molar-refractivity contribution < 1.29 is 24.2 Å². The Bertz CT molecular complexity index is 651. The maximum atomic E-state index is 11.4. The van der Waals surface area contributed by atoms with Crippen molar-refractivity contribution in [3.8, 4) is 5.75 Å². The van der Waals surface area contributed by atoms with Gasteiger partial charge in [0, 0.05) is 0 Å². The molecule has 9 heteroatoms. The molecule has 2 rings (SSSR count). The highest BCUT2D eigenvalue weighted by Gasteiger charge is 2.23. The van der Waals surface area contributed by atoms with E-state index in [0.29, 0.717) is 19.4 Å². The minimum Gasteiger partial charge on any atom is -0.480 e. The summed E-state index contributed by atoms with van der Waals surface area (Å²) in [6.45, 7) is -0.451. The molecular formula is C12H8BrIN2O5. The second-order valence-electron chi connectivity index (χ2n) is 3.96. The predicted molar refractivity (Wildman–Crippen MR) is 84.6 cm³/mol. The molecule has 110 valence electrons. The summed E-state index contributed by atoms with van der Waals surface area (Å²) in [6.07, 6.45) is 1.51. The Kier molecular flexibility index (Phi) is 4.83. The van der Waals surface area contributed by atoms with Crippen LogP contribution in [0, 0.1) is 3.57 Å². The van der Waals surface area contributed by atoms with Crippen LogP contribution in [0.3, 0.4) is 0 Å². The van der Waals surface area contributed by atoms with Crippen LogP contribution in [0.5, 0.6) is 5.75 Å². The third-order valence-corrected chi connectivity index (χ3v) is 3.78. The number of hydrogen-bond acceptors (Lipinski definition) is 4. The highest BCUT2D eigenvalue weighted by atomic mass is 127. The monoisotopic (exact) mass is 466 g/mol. The van der Waals surface area contributed by atoms with Gasteiger partial charge in [0.1, 0.15) is 11.4 Å². The van der Waals surface area contributed by atoms with Crippen molar-refractivity contribution in [3.63, 3.8) is 0 Å². The molecule has 1 fully saturated rings. The lowest BCUT2D eigenvalue weighted by atomic mass is 10.2. The van der Waals surface area contributed by atoms with Crippen LogP contribution in [0.1, 0.15) is 5.56 Å². The minimum atomic E-state index is -1.07. The van der Waals surface area contributed by atoms with Crippen molar-refractivity contribution in [3.05, 3.63) is 31.4 Å². The zero-order valence-electron chi connectivity index (χ0n) is 10.3. The van der Waals surface area contributed by atoms with Crippen LogP contribution in [0.25, 0.3) is 6.08 Å². The average molecular weight is 467 g/mol. The smallest absolute Gasteiger partial charge is 0.341 e. The van der Waals surface area contributed by atoms with Crippen LogP contribution in [-0.4, -0.2) is 29.6 Å². The first-order valence-corrected chi connectivity index (χ1v) is 7.41. The Labute approximate surface area is 141 Å². The Balaban J connectivity index is 2.27. The number of halogens is 2. The number of amides is 3. The average Bonchev–Trinajstić information content (AvgIpc) is 2.66. The van der Waals surface area contributed by atoms with Crippen molar-refractivity contribution in [2.45, 2.75) is 0 Å². The fraction of sp³-hybridized carbons (Fsp3) is 0.0833. The van der Waals surface area contributed by atoms with Gasteiger partial charge in [-0.1, -0.05) is 0 Å². The van der Waals surface area contributed by atoms with Crippen LogP contribution >= 0.6 is 38.5 Å². The number of rotatable bonds is 4. The number of imide groups is 1. The van der Waals surface area contributed by atoms with E-state index in [1.807, 2.05) is 22.6 Å². The largest absolute Gasteiger partial charge is 0.480 e. The molecule has 0 unspecified atom stereocenters. The Hall–Kier alpha value is -1.62. The summed E-state index contributed by atoms with van der Waals surface area (Å²) in [5.41, 5.74) is 0.795. The maximum absolute atomic E-state index is 11.4. The lowest BCUT2D eigenvalue weighted by molar-refractivity contribution is -0.139. The van der Waals surface area contributed by atoms with E-state index in [0.717, 1.165) is 0 Å². The molecule has 21 heavy (non-hydrogen) atoms. The van der Waals surface area contributed by atoms with Gasteiger partial charge in [-0.25, -0.2) is 9.59 Å². The van der Waals surface area contributed by atoms with Crippen LogP contribution in [-0.2, 0) is 9.59 Å². The fourth-order valence-corrected chi connectivity index (χ4v) is 3.35. The van der Waals surface area contributed by atoms with Gasteiger partial charge in [0.25, 0.3) is 5.91 Å². The standard InChI is InChI=1S/C12H8BrIN2O5/c13-6-1-5(3-8-11(19)16-12(20)15-8)2-7(14)10(6)21-4-9(17)18/h1-3H,4H2,(H,17,18)(H2,15,16,19,20)/b8-3+. The van der Waals surface area contributed by atoms with Gasteiger partial charge in [-0.15, -0.1) is 0 Å². The molecule has 0 atom stereocenters. The van der Waals surface area contributed by atoms with E-state index in [9.17, 15) is 14.4 Å². The molecule has 0 aliphatic carbocycles. The molecule has 1 aliphatic rings. The first kappa shape index (κ1) is 15.8. The lowest BCUT2D eigenvalue weighted by Crippen LogP contribution is -2.22. The summed E-state index contributed by atoms with van der Waals surface area (Å²) >= 11 is 5.27. The van der Waals surface area contributed by atoms with E-state index in [-0.39, 0.29) is 5.70 Å². The zero-order valence-corrected chi connectivity index (χ0v) is 14.0. The Morgan fingerprint density at radius 2 is 2.10 bits per heavy atom. The van der Waals surface area contributed by atoms with E-state index >= 15 is 0 Å². The SMILES string of the molecule is O=C(O)COc1c(Br)cc(/C=C2/NC(=O)NC2=O)cc1I. The van der Waals surface area contributed by atoms with Crippen LogP contribution in [0.4, 0.5) is 4.79 Å². The molecule has 0 saturated carbocycles. The van der Waals surface area contributed by atoms with Crippen LogP contribution in [0.15, 0.2) is 22.3 Å². The zero-order chi connectivity index (χ0) is 15.6.